The molecule has 5 rings (SSSR count). The molecule has 1 atom stereocenters. The minimum atomic E-state index is -1.62. The second-order valence-electron chi connectivity index (χ2n) is 7.86. The average molecular weight is 404 g/mol. The van der Waals surface area contributed by atoms with Gasteiger partial charge >= 0.3 is 11.9 Å². The largest absolute Gasteiger partial charge is 0.457 e. The number of hydrogen-bond donors (Lipinski definition) is 0. The molecule has 3 aromatic rings. The zero-order valence-corrected chi connectivity index (χ0v) is 16.9. The molecule has 2 aliphatic rings. The monoisotopic (exact) mass is 404 g/mol. The van der Waals surface area contributed by atoms with Gasteiger partial charge in [0.1, 0.15) is 6.61 Å². The van der Waals surface area contributed by atoms with Crippen molar-refractivity contribution in [3.05, 3.63) is 62.9 Å². The van der Waals surface area contributed by atoms with E-state index in [-0.39, 0.29) is 18.6 Å². The Labute approximate surface area is 172 Å². The number of pyridine rings is 2. The normalized spacial score (nSPS) is 19.1. The molecule has 0 fully saturated rings. The summed E-state index contributed by atoms with van der Waals surface area (Å²) >= 11 is 0. The summed E-state index contributed by atoms with van der Waals surface area (Å²) in [7, 11) is 0. The van der Waals surface area contributed by atoms with Crippen molar-refractivity contribution in [3.63, 3.8) is 0 Å². The van der Waals surface area contributed by atoms with Crippen molar-refractivity contribution in [2.45, 2.75) is 45.9 Å². The van der Waals surface area contributed by atoms with E-state index >= 15 is 0 Å². The van der Waals surface area contributed by atoms with Crippen LogP contribution in [0.25, 0.3) is 22.3 Å². The molecule has 152 valence electrons. The highest BCUT2D eigenvalue weighted by atomic mass is 16.6. The Morgan fingerprint density at radius 3 is 2.80 bits per heavy atom. The number of hydrogen-bond acceptors (Lipinski definition) is 6. The van der Waals surface area contributed by atoms with Crippen LogP contribution in [0, 0.1) is 6.92 Å². The van der Waals surface area contributed by atoms with Crippen molar-refractivity contribution in [1.82, 2.24) is 9.55 Å². The molecule has 2 aromatic heterocycles. The Bertz CT molecular complexity index is 1320. The fourth-order valence-electron chi connectivity index (χ4n) is 4.51. The fraction of sp³-hybridized carbons (Fsp3) is 0.304. The van der Waals surface area contributed by atoms with E-state index in [1.807, 2.05) is 19.1 Å². The number of aryl methyl sites for hydroxylation is 1. The maximum Gasteiger partial charge on any atom is 0.355 e. The van der Waals surface area contributed by atoms with Gasteiger partial charge in [0.25, 0.3) is 5.56 Å². The molecule has 0 saturated carbocycles. The highest BCUT2D eigenvalue weighted by Crippen LogP contribution is 2.40. The van der Waals surface area contributed by atoms with Crippen molar-refractivity contribution in [3.8, 4) is 11.4 Å². The summed E-state index contributed by atoms with van der Waals surface area (Å²) in [5.41, 5.74) is 3.10. The molecule has 7 heteroatoms. The fourth-order valence-corrected chi connectivity index (χ4v) is 4.51. The molecule has 0 amide bonds. The predicted molar refractivity (Wildman–Crippen MR) is 109 cm³/mol. The number of aromatic nitrogens is 2. The summed E-state index contributed by atoms with van der Waals surface area (Å²) in [5, 5.41) is 1.01. The van der Waals surface area contributed by atoms with Crippen molar-refractivity contribution in [2.24, 2.45) is 0 Å². The van der Waals surface area contributed by atoms with E-state index in [4.69, 9.17) is 14.5 Å². The van der Waals surface area contributed by atoms with E-state index < -0.39 is 17.5 Å². The van der Waals surface area contributed by atoms with Gasteiger partial charge in [0.2, 0.25) is 5.60 Å². The predicted octanol–water partition coefficient (Wildman–Crippen LogP) is 2.96. The van der Waals surface area contributed by atoms with Crippen molar-refractivity contribution < 1.29 is 19.1 Å². The molecule has 0 saturated heterocycles. The average Bonchev–Trinajstić information content (AvgIpc) is 3.06. The van der Waals surface area contributed by atoms with Crippen LogP contribution in [-0.2, 0) is 37.8 Å². The molecule has 7 nitrogen and oxygen atoms in total. The number of carbonyl (C=O) groups is 2. The lowest BCUT2D eigenvalue weighted by Gasteiger charge is -2.35. The first-order chi connectivity index (χ1) is 14.3. The van der Waals surface area contributed by atoms with Gasteiger partial charge in [-0.15, -0.1) is 0 Å². The molecule has 0 aliphatic carbocycles. The molecule has 0 bridgehead atoms. The van der Waals surface area contributed by atoms with E-state index in [9.17, 15) is 14.4 Å². The number of rotatable bonds is 2. The van der Waals surface area contributed by atoms with Gasteiger partial charge in [-0.1, -0.05) is 18.6 Å². The Morgan fingerprint density at radius 1 is 1.27 bits per heavy atom. The second-order valence-corrected chi connectivity index (χ2v) is 7.86. The molecule has 0 radical (unpaired) electrons. The zero-order valence-electron chi connectivity index (χ0n) is 16.9. The number of fused-ring (bicyclic) bond motifs is 5. The zero-order chi connectivity index (χ0) is 21.2. The van der Waals surface area contributed by atoms with Gasteiger partial charge in [-0.3, -0.25) is 9.59 Å². The minimum absolute atomic E-state index is 0.138. The number of esters is 2. The first kappa shape index (κ1) is 18.5. The lowest BCUT2D eigenvalue weighted by atomic mass is 9.85. The quantitative estimate of drug-likeness (QED) is 0.478. The smallest absolute Gasteiger partial charge is 0.355 e. The van der Waals surface area contributed by atoms with Gasteiger partial charge in [0.05, 0.1) is 29.0 Å². The standard InChI is InChI=1S/C23H20N2O5/c1-4-23(30-13(3)26)17-9-19-20-15(8-14-7-12(2)5-6-18(14)24-20)10-25(19)21(27)16(17)11-29-22(23)28/h5-9H,4,10-11H2,1-3H3/t23-/m0/s1. The molecule has 1 aromatic carbocycles. The Morgan fingerprint density at radius 2 is 2.07 bits per heavy atom. The molecule has 0 N–H and O–H groups in total. The highest BCUT2D eigenvalue weighted by Gasteiger charge is 2.50. The number of cyclic esters (lactones) is 1. The van der Waals surface area contributed by atoms with Crippen molar-refractivity contribution in [1.29, 1.82) is 0 Å². The van der Waals surface area contributed by atoms with Crippen LogP contribution in [0.4, 0.5) is 0 Å². The molecule has 0 spiro atoms. The third-order valence-electron chi connectivity index (χ3n) is 5.95. The number of nitrogens with zero attached hydrogens (tertiary/aromatic N) is 2. The van der Waals surface area contributed by atoms with Crippen LogP contribution < -0.4 is 5.56 Å². The first-order valence-corrected chi connectivity index (χ1v) is 9.88. The van der Waals surface area contributed by atoms with Gasteiger partial charge in [-0.2, -0.15) is 0 Å². The highest BCUT2D eigenvalue weighted by molar-refractivity contribution is 5.88. The van der Waals surface area contributed by atoms with Crippen LogP contribution in [0.3, 0.4) is 0 Å². The van der Waals surface area contributed by atoms with E-state index in [2.05, 4.69) is 12.1 Å². The van der Waals surface area contributed by atoms with Crippen molar-refractivity contribution in [2.75, 3.05) is 0 Å². The Balaban J connectivity index is 1.78. The lowest BCUT2D eigenvalue weighted by molar-refractivity contribution is -0.188. The molecule has 2 aliphatic heterocycles. The van der Waals surface area contributed by atoms with Crippen molar-refractivity contribution >= 4 is 22.8 Å². The van der Waals surface area contributed by atoms with E-state index in [1.54, 1.807) is 17.6 Å². The third kappa shape index (κ3) is 2.44. The summed E-state index contributed by atoms with van der Waals surface area (Å²) in [6.07, 6.45) is 0.165. The number of benzene rings is 1. The van der Waals surface area contributed by atoms with Gasteiger partial charge in [-0.05, 0) is 37.6 Å². The van der Waals surface area contributed by atoms with Crippen LogP contribution in [0.2, 0.25) is 0 Å². The van der Waals surface area contributed by atoms with Gasteiger partial charge in [-0.25, -0.2) is 9.78 Å². The topological polar surface area (TPSA) is 87.5 Å². The van der Waals surface area contributed by atoms with E-state index in [1.165, 1.54) is 6.92 Å². The summed E-state index contributed by atoms with van der Waals surface area (Å²) in [6.45, 7) is 5.25. The van der Waals surface area contributed by atoms with Gasteiger partial charge in [0, 0.05) is 23.4 Å². The number of carbonyl (C=O) groups excluding carboxylic acids is 2. The van der Waals surface area contributed by atoms with Crippen LogP contribution >= 0.6 is 0 Å². The SMILES string of the molecule is CC[C@@]1(OC(C)=O)C(=O)OCc2c1cc1n(c2=O)Cc2cc3cc(C)ccc3nc2-1. The Kier molecular flexibility index (Phi) is 3.87. The van der Waals surface area contributed by atoms with Crippen LogP contribution in [-0.4, -0.2) is 21.5 Å². The lowest BCUT2D eigenvalue weighted by Crippen LogP contribution is -2.47. The maximum absolute atomic E-state index is 13.3. The van der Waals surface area contributed by atoms with Gasteiger partial charge in [0.15, 0.2) is 0 Å². The first-order valence-electron chi connectivity index (χ1n) is 9.88. The summed E-state index contributed by atoms with van der Waals surface area (Å²) in [5.74, 6) is -1.26. The summed E-state index contributed by atoms with van der Waals surface area (Å²) in [4.78, 5) is 42.6. The molecule has 0 unspecified atom stereocenters. The molecular formula is C23H20N2O5. The minimum Gasteiger partial charge on any atom is -0.457 e. The second kappa shape index (κ2) is 6.26. The van der Waals surface area contributed by atoms with Crippen LogP contribution in [0.1, 0.15) is 42.5 Å². The summed E-state index contributed by atoms with van der Waals surface area (Å²) in [6, 6.07) is 9.83. The molecule has 4 heterocycles. The molecular weight excluding hydrogens is 384 g/mol. The van der Waals surface area contributed by atoms with Crippen LogP contribution in [0.5, 0.6) is 0 Å². The van der Waals surface area contributed by atoms with E-state index in [0.29, 0.717) is 29.1 Å². The summed E-state index contributed by atoms with van der Waals surface area (Å²) < 4.78 is 12.4. The Hall–Kier alpha value is -3.48. The van der Waals surface area contributed by atoms with E-state index in [0.717, 1.165) is 22.0 Å². The number of ether oxygens (including phenoxy) is 2. The van der Waals surface area contributed by atoms with Gasteiger partial charge < -0.3 is 14.0 Å². The van der Waals surface area contributed by atoms with Crippen LogP contribution in [0.15, 0.2) is 35.1 Å². The maximum atomic E-state index is 13.3. The molecule has 30 heavy (non-hydrogen) atoms. The third-order valence-corrected chi connectivity index (χ3v) is 5.95.